The fourth-order valence-corrected chi connectivity index (χ4v) is 2.25. The van der Waals surface area contributed by atoms with Crippen LogP contribution in [0.5, 0.6) is 5.75 Å². The highest BCUT2D eigenvalue weighted by Gasteiger charge is 2.36. The van der Waals surface area contributed by atoms with Crippen LogP contribution in [0.1, 0.15) is 20.7 Å². The summed E-state index contributed by atoms with van der Waals surface area (Å²) in [6.07, 6.45) is 0. The Hall–Kier alpha value is -2.33. The number of imide groups is 1. The number of fused-ring (bicyclic) bond motifs is 1. The molecule has 4 nitrogen and oxygen atoms in total. The molecular weight excluding hydrogens is 266 g/mol. The first-order chi connectivity index (χ1) is 9.08. The van der Waals surface area contributed by atoms with Gasteiger partial charge in [-0.2, -0.15) is 0 Å². The average Bonchev–Trinajstić information content (AvgIpc) is 2.61. The highest BCUT2D eigenvalue weighted by molar-refractivity contribution is 6.36. The number of hydrogen-bond acceptors (Lipinski definition) is 3. The molecule has 5 heteroatoms. The third kappa shape index (κ3) is 1.77. The molecular formula is C14H8ClNO3. The predicted octanol–water partition coefficient (Wildman–Crippen LogP) is 2.85. The number of anilines is 1. The van der Waals surface area contributed by atoms with Gasteiger partial charge in [-0.15, -0.1) is 0 Å². The summed E-state index contributed by atoms with van der Waals surface area (Å²) in [6, 6.07) is 10.6. The third-order valence-corrected chi connectivity index (χ3v) is 3.17. The van der Waals surface area contributed by atoms with Crippen molar-refractivity contribution in [1.82, 2.24) is 0 Å². The lowest BCUT2D eigenvalue weighted by Gasteiger charge is -2.13. The van der Waals surface area contributed by atoms with Gasteiger partial charge in [-0.1, -0.05) is 17.7 Å². The zero-order valence-corrected chi connectivity index (χ0v) is 10.4. The SMILES string of the molecule is O=C1c2ccc(Cl)cc2C(=O)N1c1cccc(O)c1. The standard InChI is InChI=1S/C14H8ClNO3/c15-8-4-5-11-12(6-8)14(19)16(13(11)18)9-2-1-3-10(17)7-9/h1-7,17H. The van der Waals surface area contributed by atoms with E-state index < -0.39 is 11.8 Å². The Morgan fingerprint density at radius 2 is 1.68 bits per heavy atom. The van der Waals surface area contributed by atoms with E-state index in [-0.39, 0.29) is 11.3 Å². The van der Waals surface area contributed by atoms with Crippen molar-refractivity contribution >= 4 is 29.1 Å². The molecule has 0 aliphatic carbocycles. The lowest BCUT2D eigenvalue weighted by Crippen LogP contribution is -2.29. The number of carbonyl (C=O) groups is 2. The van der Waals surface area contributed by atoms with Crippen LogP contribution in [0, 0.1) is 0 Å². The Labute approximate surface area is 113 Å². The van der Waals surface area contributed by atoms with Crippen molar-refractivity contribution < 1.29 is 14.7 Å². The zero-order chi connectivity index (χ0) is 13.6. The van der Waals surface area contributed by atoms with Gasteiger partial charge in [0.05, 0.1) is 16.8 Å². The van der Waals surface area contributed by atoms with Crippen LogP contribution in [-0.4, -0.2) is 16.9 Å². The van der Waals surface area contributed by atoms with Crippen molar-refractivity contribution in [1.29, 1.82) is 0 Å². The summed E-state index contributed by atoms with van der Waals surface area (Å²) in [5.41, 5.74) is 0.931. The molecule has 2 aromatic carbocycles. The summed E-state index contributed by atoms with van der Waals surface area (Å²) in [4.78, 5) is 25.5. The number of aromatic hydroxyl groups is 1. The highest BCUT2D eigenvalue weighted by Crippen LogP contribution is 2.31. The van der Waals surface area contributed by atoms with Crippen molar-refractivity contribution in [2.75, 3.05) is 4.90 Å². The Bertz CT molecular complexity index is 712. The molecule has 3 rings (SSSR count). The molecule has 0 bridgehead atoms. The van der Waals surface area contributed by atoms with Crippen LogP contribution >= 0.6 is 11.6 Å². The second kappa shape index (κ2) is 4.10. The van der Waals surface area contributed by atoms with E-state index in [9.17, 15) is 14.7 Å². The van der Waals surface area contributed by atoms with Gasteiger partial charge in [-0.05, 0) is 30.3 Å². The first-order valence-electron chi connectivity index (χ1n) is 5.55. The van der Waals surface area contributed by atoms with Crippen LogP contribution in [0.3, 0.4) is 0 Å². The van der Waals surface area contributed by atoms with Crippen molar-refractivity contribution in [2.24, 2.45) is 0 Å². The quantitative estimate of drug-likeness (QED) is 0.813. The van der Waals surface area contributed by atoms with E-state index in [1.165, 1.54) is 24.3 Å². The topological polar surface area (TPSA) is 57.6 Å². The van der Waals surface area contributed by atoms with Crippen molar-refractivity contribution in [3.8, 4) is 5.75 Å². The van der Waals surface area contributed by atoms with Crippen LogP contribution in [0.2, 0.25) is 5.02 Å². The van der Waals surface area contributed by atoms with Gasteiger partial charge in [0.25, 0.3) is 11.8 Å². The molecule has 19 heavy (non-hydrogen) atoms. The minimum Gasteiger partial charge on any atom is -0.508 e. The Kier molecular flexibility index (Phi) is 2.54. The normalized spacial score (nSPS) is 13.8. The molecule has 0 atom stereocenters. The second-order valence-electron chi connectivity index (χ2n) is 4.16. The van der Waals surface area contributed by atoms with Crippen LogP contribution in [-0.2, 0) is 0 Å². The number of phenolic OH excluding ortho intramolecular Hbond substituents is 1. The van der Waals surface area contributed by atoms with Gasteiger partial charge in [-0.25, -0.2) is 4.90 Å². The highest BCUT2D eigenvalue weighted by atomic mass is 35.5. The van der Waals surface area contributed by atoms with Crippen LogP contribution in [0.15, 0.2) is 42.5 Å². The summed E-state index contributed by atoms with van der Waals surface area (Å²) in [7, 11) is 0. The fraction of sp³-hybridized carbons (Fsp3) is 0. The number of hydrogen-bond donors (Lipinski definition) is 1. The maximum atomic E-state index is 12.2. The Morgan fingerprint density at radius 1 is 0.947 bits per heavy atom. The smallest absolute Gasteiger partial charge is 0.266 e. The largest absolute Gasteiger partial charge is 0.508 e. The molecule has 2 aromatic rings. The van der Waals surface area contributed by atoms with Gasteiger partial charge in [0.15, 0.2) is 0 Å². The number of amides is 2. The predicted molar refractivity (Wildman–Crippen MR) is 70.7 cm³/mol. The molecule has 1 N–H and O–H groups in total. The minimum absolute atomic E-state index is 0.00733. The van der Waals surface area contributed by atoms with Crippen LogP contribution in [0.25, 0.3) is 0 Å². The number of carbonyl (C=O) groups excluding carboxylic acids is 2. The fourth-order valence-electron chi connectivity index (χ4n) is 2.08. The molecule has 1 heterocycles. The molecule has 1 aliphatic heterocycles. The van der Waals surface area contributed by atoms with E-state index in [4.69, 9.17) is 11.6 Å². The molecule has 0 aromatic heterocycles. The summed E-state index contributed by atoms with van der Waals surface area (Å²) in [6.45, 7) is 0. The maximum absolute atomic E-state index is 12.2. The first kappa shape index (κ1) is 11.7. The van der Waals surface area contributed by atoms with Gasteiger partial charge in [0.2, 0.25) is 0 Å². The number of halogens is 1. The van der Waals surface area contributed by atoms with Gasteiger partial charge >= 0.3 is 0 Å². The summed E-state index contributed by atoms with van der Waals surface area (Å²) < 4.78 is 0. The third-order valence-electron chi connectivity index (χ3n) is 2.94. The average molecular weight is 274 g/mol. The first-order valence-corrected chi connectivity index (χ1v) is 5.93. The molecule has 0 unspecified atom stereocenters. The molecule has 0 saturated heterocycles. The number of nitrogens with zero attached hydrogens (tertiary/aromatic N) is 1. The monoisotopic (exact) mass is 273 g/mol. The summed E-state index contributed by atoms with van der Waals surface area (Å²) in [5.74, 6) is -0.859. The van der Waals surface area contributed by atoms with E-state index in [1.54, 1.807) is 18.2 Å². The van der Waals surface area contributed by atoms with E-state index >= 15 is 0 Å². The number of benzene rings is 2. The van der Waals surface area contributed by atoms with Crippen molar-refractivity contribution in [2.45, 2.75) is 0 Å². The van der Waals surface area contributed by atoms with E-state index in [2.05, 4.69) is 0 Å². The summed E-state index contributed by atoms with van der Waals surface area (Å²) >= 11 is 5.83. The molecule has 0 fully saturated rings. The molecule has 2 amide bonds. The van der Waals surface area contributed by atoms with E-state index in [0.29, 0.717) is 16.3 Å². The van der Waals surface area contributed by atoms with Crippen LogP contribution < -0.4 is 4.90 Å². The second-order valence-corrected chi connectivity index (χ2v) is 4.59. The lowest BCUT2D eigenvalue weighted by atomic mass is 10.1. The number of rotatable bonds is 1. The van der Waals surface area contributed by atoms with Crippen molar-refractivity contribution in [3.63, 3.8) is 0 Å². The molecule has 1 aliphatic rings. The van der Waals surface area contributed by atoms with Gasteiger partial charge in [-0.3, -0.25) is 9.59 Å². The van der Waals surface area contributed by atoms with E-state index in [1.807, 2.05) is 0 Å². The summed E-state index contributed by atoms with van der Waals surface area (Å²) in [5, 5.41) is 9.84. The zero-order valence-electron chi connectivity index (χ0n) is 9.63. The van der Waals surface area contributed by atoms with Gasteiger partial charge < -0.3 is 5.11 Å². The van der Waals surface area contributed by atoms with Gasteiger partial charge in [0, 0.05) is 11.1 Å². The Balaban J connectivity index is 2.13. The van der Waals surface area contributed by atoms with Crippen molar-refractivity contribution in [3.05, 3.63) is 58.6 Å². The van der Waals surface area contributed by atoms with E-state index in [0.717, 1.165) is 4.90 Å². The Morgan fingerprint density at radius 3 is 2.42 bits per heavy atom. The van der Waals surface area contributed by atoms with Gasteiger partial charge in [0.1, 0.15) is 5.75 Å². The molecule has 0 spiro atoms. The minimum atomic E-state index is -0.437. The molecule has 94 valence electrons. The lowest BCUT2D eigenvalue weighted by molar-refractivity contribution is 0.0926. The molecule has 0 saturated carbocycles. The number of phenols is 1. The molecule has 0 radical (unpaired) electrons. The van der Waals surface area contributed by atoms with Crippen LogP contribution in [0.4, 0.5) is 5.69 Å². The maximum Gasteiger partial charge on any atom is 0.266 e.